The van der Waals surface area contributed by atoms with Crippen molar-refractivity contribution in [3.63, 3.8) is 0 Å². The van der Waals surface area contributed by atoms with Crippen LogP contribution in [0, 0.1) is 0 Å². The minimum absolute atomic E-state index is 0.268. The molecule has 0 aliphatic heterocycles. The van der Waals surface area contributed by atoms with Crippen LogP contribution in [0.1, 0.15) is 23.8 Å². The van der Waals surface area contributed by atoms with Gasteiger partial charge in [0.15, 0.2) is 5.13 Å². The van der Waals surface area contributed by atoms with E-state index in [2.05, 4.69) is 10.3 Å². The smallest absolute Gasteiger partial charge is 0.275 e. The first-order valence-corrected chi connectivity index (χ1v) is 6.82. The molecule has 2 rings (SSSR count). The molecule has 0 atom stereocenters. The second-order valence-corrected chi connectivity index (χ2v) is 4.79. The number of anilines is 2. The number of nitrogens with zero attached hydrogens (tertiary/aromatic N) is 1. The van der Waals surface area contributed by atoms with Gasteiger partial charge in [0.2, 0.25) is 0 Å². The van der Waals surface area contributed by atoms with Crippen molar-refractivity contribution in [1.82, 2.24) is 4.98 Å². The highest BCUT2D eigenvalue weighted by Crippen LogP contribution is 2.17. The number of carbonyl (C=O) groups is 1. The van der Waals surface area contributed by atoms with E-state index in [1.165, 1.54) is 11.3 Å². The maximum absolute atomic E-state index is 11.8. The van der Waals surface area contributed by atoms with Crippen LogP contribution in [-0.4, -0.2) is 17.5 Å². The average Bonchev–Trinajstić information content (AvgIpc) is 2.85. The van der Waals surface area contributed by atoms with Gasteiger partial charge in [0.1, 0.15) is 11.4 Å². The van der Waals surface area contributed by atoms with Crippen LogP contribution in [-0.2, 0) is 0 Å². The Balaban J connectivity index is 1.97. The Hall–Kier alpha value is -2.08. The molecule has 2 aromatic rings. The summed E-state index contributed by atoms with van der Waals surface area (Å²) in [4.78, 5) is 15.8. The molecular weight excluding hydrogens is 262 g/mol. The molecule has 0 saturated carbocycles. The lowest BCUT2D eigenvalue weighted by atomic mass is 10.3. The highest BCUT2D eigenvalue weighted by atomic mass is 32.1. The predicted molar refractivity (Wildman–Crippen MR) is 76.7 cm³/mol. The van der Waals surface area contributed by atoms with Gasteiger partial charge < -0.3 is 15.8 Å². The zero-order valence-electron chi connectivity index (χ0n) is 10.6. The van der Waals surface area contributed by atoms with E-state index in [4.69, 9.17) is 10.5 Å². The number of nitrogens with two attached hydrogens (primary N) is 1. The van der Waals surface area contributed by atoms with Crippen molar-refractivity contribution in [2.45, 2.75) is 13.3 Å². The molecular formula is C13H15N3O2S. The van der Waals surface area contributed by atoms with E-state index in [0.29, 0.717) is 23.1 Å². The number of ether oxygens (including phenoxy) is 1. The van der Waals surface area contributed by atoms with Crippen LogP contribution in [0.4, 0.5) is 10.8 Å². The number of hydrogen-bond acceptors (Lipinski definition) is 5. The molecule has 0 unspecified atom stereocenters. The van der Waals surface area contributed by atoms with Crippen molar-refractivity contribution >= 4 is 28.1 Å². The van der Waals surface area contributed by atoms with E-state index < -0.39 is 0 Å². The average molecular weight is 277 g/mol. The van der Waals surface area contributed by atoms with E-state index in [1.807, 2.05) is 19.1 Å². The lowest BCUT2D eigenvalue weighted by Crippen LogP contribution is -2.12. The van der Waals surface area contributed by atoms with Gasteiger partial charge in [-0.15, -0.1) is 11.3 Å². The number of nitrogen functional groups attached to an aromatic ring is 1. The molecule has 1 amide bonds. The van der Waals surface area contributed by atoms with Crippen molar-refractivity contribution in [1.29, 1.82) is 0 Å². The first-order chi connectivity index (χ1) is 9.19. The molecule has 1 aromatic carbocycles. The number of carbonyl (C=O) groups excluding carboxylic acids is 1. The summed E-state index contributed by atoms with van der Waals surface area (Å²) in [7, 11) is 0. The Morgan fingerprint density at radius 2 is 2.16 bits per heavy atom. The van der Waals surface area contributed by atoms with Crippen LogP contribution >= 0.6 is 11.3 Å². The van der Waals surface area contributed by atoms with E-state index in [-0.39, 0.29) is 5.91 Å². The molecule has 0 radical (unpaired) electrons. The Labute approximate surface area is 115 Å². The second-order valence-electron chi connectivity index (χ2n) is 3.90. The Kier molecular flexibility index (Phi) is 4.35. The van der Waals surface area contributed by atoms with Gasteiger partial charge in [0, 0.05) is 11.1 Å². The Morgan fingerprint density at radius 1 is 1.42 bits per heavy atom. The molecule has 0 spiro atoms. The lowest BCUT2D eigenvalue weighted by molar-refractivity contribution is 0.102. The topological polar surface area (TPSA) is 77.2 Å². The number of hydrogen-bond donors (Lipinski definition) is 2. The quantitative estimate of drug-likeness (QED) is 0.881. The van der Waals surface area contributed by atoms with Gasteiger partial charge >= 0.3 is 0 Å². The fourth-order valence-electron chi connectivity index (χ4n) is 1.44. The molecule has 5 nitrogen and oxygen atoms in total. The number of thiazole rings is 1. The molecule has 1 heterocycles. The SMILES string of the molecule is CCCOc1ccc(NC(=O)c2csc(N)n2)cc1. The summed E-state index contributed by atoms with van der Waals surface area (Å²) >= 11 is 1.24. The number of benzene rings is 1. The molecule has 0 fully saturated rings. The van der Waals surface area contributed by atoms with Gasteiger partial charge in [0.25, 0.3) is 5.91 Å². The molecule has 1 aromatic heterocycles. The van der Waals surface area contributed by atoms with E-state index >= 15 is 0 Å². The van der Waals surface area contributed by atoms with Gasteiger partial charge in [-0.2, -0.15) is 0 Å². The number of amides is 1. The monoisotopic (exact) mass is 277 g/mol. The van der Waals surface area contributed by atoms with Gasteiger partial charge in [-0.25, -0.2) is 4.98 Å². The third kappa shape index (κ3) is 3.69. The molecule has 0 bridgehead atoms. The highest BCUT2D eigenvalue weighted by Gasteiger charge is 2.09. The van der Waals surface area contributed by atoms with E-state index in [1.54, 1.807) is 17.5 Å². The zero-order chi connectivity index (χ0) is 13.7. The predicted octanol–water partition coefficient (Wildman–Crippen LogP) is 2.77. The minimum Gasteiger partial charge on any atom is -0.494 e. The highest BCUT2D eigenvalue weighted by molar-refractivity contribution is 7.13. The van der Waals surface area contributed by atoms with E-state index in [0.717, 1.165) is 12.2 Å². The molecule has 3 N–H and O–H groups in total. The maximum Gasteiger partial charge on any atom is 0.275 e. The van der Waals surface area contributed by atoms with Crippen molar-refractivity contribution in [2.24, 2.45) is 0 Å². The normalized spacial score (nSPS) is 10.2. The van der Waals surface area contributed by atoms with Crippen molar-refractivity contribution in [3.05, 3.63) is 35.3 Å². The molecule has 0 aliphatic carbocycles. The summed E-state index contributed by atoms with van der Waals surface area (Å²) in [5.41, 5.74) is 6.51. The van der Waals surface area contributed by atoms with Crippen LogP contribution in [0.2, 0.25) is 0 Å². The third-order valence-corrected chi connectivity index (χ3v) is 3.01. The summed E-state index contributed by atoms with van der Waals surface area (Å²) in [6.45, 7) is 2.73. The summed E-state index contributed by atoms with van der Waals surface area (Å²) in [5.74, 6) is 0.521. The molecule has 6 heteroatoms. The van der Waals surface area contributed by atoms with Gasteiger partial charge in [-0.05, 0) is 30.7 Å². The summed E-state index contributed by atoms with van der Waals surface area (Å²) in [6.07, 6.45) is 0.962. The van der Waals surface area contributed by atoms with Crippen LogP contribution in [0.3, 0.4) is 0 Å². The molecule has 0 saturated heterocycles. The van der Waals surface area contributed by atoms with Crippen LogP contribution in [0.5, 0.6) is 5.75 Å². The van der Waals surface area contributed by atoms with Gasteiger partial charge in [0.05, 0.1) is 6.61 Å². The van der Waals surface area contributed by atoms with Crippen molar-refractivity contribution in [3.8, 4) is 5.75 Å². The number of aromatic nitrogens is 1. The fourth-order valence-corrected chi connectivity index (χ4v) is 1.98. The number of rotatable bonds is 5. The molecule has 0 aliphatic rings. The zero-order valence-corrected chi connectivity index (χ0v) is 11.4. The fraction of sp³-hybridized carbons (Fsp3) is 0.231. The van der Waals surface area contributed by atoms with Gasteiger partial charge in [-0.3, -0.25) is 4.79 Å². The maximum atomic E-state index is 11.8. The lowest BCUT2D eigenvalue weighted by Gasteiger charge is -2.06. The van der Waals surface area contributed by atoms with Gasteiger partial charge in [-0.1, -0.05) is 6.92 Å². The summed E-state index contributed by atoms with van der Waals surface area (Å²) in [5, 5.41) is 4.76. The van der Waals surface area contributed by atoms with E-state index in [9.17, 15) is 4.79 Å². The Morgan fingerprint density at radius 3 is 2.74 bits per heavy atom. The van der Waals surface area contributed by atoms with Crippen LogP contribution < -0.4 is 15.8 Å². The largest absolute Gasteiger partial charge is 0.494 e. The molecule has 100 valence electrons. The van der Waals surface area contributed by atoms with Crippen molar-refractivity contribution < 1.29 is 9.53 Å². The first kappa shape index (κ1) is 13.4. The van der Waals surface area contributed by atoms with Crippen molar-refractivity contribution in [2.75, 3.05) is 17.7 Å². The first-order valence-electron chi connectivity index (χ1n) is 5.94. The van der Waals surface area contributed by atoms with Crippen LogP contribution in [0.15, 0.2) is 29.6 Å². The summed E-state index contributed by atoms with van der Waals surface area (Å²) in [6, 6.07) is 7.22. The third-order valence-electron chi connectivity index (χ3n) is 2.34. The molecule has 19 heavy (non-hydrogen) atoms. The minimum atomic E-state index is -0.268. The number of nitrogens with one attached hydrogen (secondary N) is 1. The second kappa shape index (κ2) is 6.19. The van der Waals surface area contributed by atoms with Crippen LogP contribution in [0.25, 0.3) is 0 Å². The summed E-state index contributed by atoms with van der Waals surface area (Å²) < 4.78 is 5.46. The standard InChI is InChI=1S/C13H15N3O2S/c1-2-7-18-10-5-3-9(4-6-10)15-12(17)11-8-19-13(14)16-11/h3-6,8H,2,7H2,1H3,(H2,14,16)(H,15,17). The Bertz CT molecular complexity index is 551.